The van der Waals surface area contributed by atoms with Gasteiger partial charge in [0.2, 0.25) is 5.78 Å². The third-order valence-electron chi connectivity index (χ3n) is 8.17. The predicted octanol–water partition coefficient (Wildman–Crippen LogP) is 4.64. The highest BCUT2D eigenvalue weighted by Gasteiger charge is 2.36. The van der Waals surface area contributed by atoms with Crippen LogP contribution in [0.5, 0.6) is 11.5 Å². The fourth-order valence-corrected chi connectivity index (χ4v) is 6.32. The van der Waals surface area contributed by atoms with Crippen LogP contribution >= 0.6 is 0 Å². The van der Waals surface area contributed by atoms with Crippen LogP contribution in [0.25, 0.3) is 6.08 Å². The van der Waals surface area contributed by atoms with Crippen LogP contribution in [0.4, 0.5) is 5.69 Å². The van der Waals surface area contributed by atoms with Crippen LogP contribution in [0.2, 0.25) is 0 Å². The fraction of sp³-hybridized carbons (Fsp3) is 0.355. The Labute approximate surface area is 222 Å². The van der Waals surface area contributed by atoms with Crippen LogP contribution in [-0.4, -0.2) is 46.5 Å². The third-order valence-corrected chi connectivity index (χ3v) is 8.17. The van der Waals surface area contributed by atoms with Crippen molar-refractivity contribution >= 4 is 17.5 Å². The number of ether oxygens (including phenoxy) is 1. The van der Waals surface area contributed by atoms with Crippen molar-refractivity contribution in [2.45, 2.75) is 39.3 Å². The zero-order valence-electron chi connectivity index (χ0n) is 21.9. The number of phenols is 1. The normalized spacial score (nSPS) is 21.2. The molecule has 2 atom stereocenters. The summed E-state index contributed by atoms with van der Waals surface area (Å²) >= 11 is 0. The number of hydrogen-bond acceptors (Lipinski definition) is 6. The SMILES string of the molecule is CCN(CC)c1ccc(/C=C2/Oc3c(ccc(O)c3CN3C[C@@H]4C[C@H](C3)c3cccc(=O)n3C4)C2=O)cc1. The number of allylic oxidation sites excluding steroid dienone is 1. The summed E-state index contributed by atoms with van der Waals surface area (Å²) in [5.74, 6) is 1.33. The number of carbonyl (C=O) groups is 1. The van der Waals surface area contributed by atoms with E-state index in [0.29, 0.717) is 29.3 Å². The topological polar surface area (TPSA) is 75.0 Å². The molecule has 1 saturated heterocycles. The van der Waals surface area contributed by atoms with Crippen LogP contribution in [0.15, 0.2) is 65.2 Å². The monoisotopic (exact) mass is 511 g/mol. The maximum atomic E-state index is 13.2. The first kappa shape index (κ1) is 24.5. The smallest absolute Gasteiger partial charge is 0.250 e. The van der Waals surface area contributed by atoms with E-state index in [0.717, 1.165) is 56.1 Å². The van der Waals surface area contributed by atoms with Gasteiger partial charge in [0.25, 0.3) is 5.56 Å². The number of pyridine rings is 1. The zero-order valence-corrected chi connectivity index (χ0v) is 21.9. The van der Waals surface area contributed by atoms with Crippen molar-refractivity contribution in [3.05, 3.63) is 93.1 Å². The number of likely N-dealkylation sites (tertiary alicyclic amines) is 1. The molecule has 196 valence electrons. The molecular weight excluding hydrogens is 478 g/mol. The molecule has 6 rings (SSSR count). The molecule has 1 N–H and O–H groups in total. The van der Waals surface area contributed by atoms with E-state index in [1.807, 2.05) is 22.8 Å². The van der Waals surface area contributed by atoms with Gasteiger partial charge in [0, 0.05) is 62.6 Å². The summed E-state index contributed by atoms with van der Waals surface area (Å²) in [6, 6.07) is 16.9. The van der Waals surface area contributed by atoms with E-state index in [1.165, 1.54) is 0 Å². The number of piperidine rings is 1. The molecule has 0 spiro atoms. The molecule has 3 aromatic rings. The molecule has 0 aliphatic carbocycles. The summed E-state index contributed by atoms with van der Waals surface area (Å²) in [6.45, 7) is 8.95. The van der Waals surface area contributed by atoms with Crippen LogP contribution in [0, 0.1) is 5.92 Å². The summed E-state index contributed by atoms with van der Waals surface area (Å²) in [4.78, 5) is 30.2. The lowest BCUT2D eigenvalue weighted by atomic mass is 9.83. The molecule has 3 aliphatic heterocycles. The second kappa shape index (κ2) is 9.80. The number of hydrogen-bond donors (Lipinski definition) is 1. The van der Waals surface area contributed by atoms with Gasteiger partial charge in [-0.05, 0) is 68.2 Å². The summed E-state index contributed by atoms with van der Waals surface area (Å²) in [5.41, 5.74) is 4.31. The largest absolute Gasteiger partial charge is 0.507 e. The lowest BCUT2D eigenvalue weighted by Gasteiger charge is -2.42. The van der Waals surface area contributed by atoms with Crippen molar-refractivity contribution < 1.29 is 14.6 Å². The van der Waals surface area contributed by atoms with Crippen molar-refractivity contribution in [3.8, 4) is 11.5 Å². The van der Waals surface area contributed by atoms with E-state index in [-0.39, 0.29) is 28.8 Å². The minimum absolute atomic E-state index is 0.0677. The summed E-state index contributed by atoms with van der Waals surface area (Å²) in [5, 5.41) is 10.8. The van der Waals surface area contributed by atoms with Crippen LogP contribution in [0.1, 0.15) is 53.4 Å². The Morgan fingerprint density at radius 1 is 1.00 bits per heavy atom. The van der Waals surface area contributed by atoms with Crippen molar-refractivity contribution in [1.82, 2.24) is 9.47 Å². The number of carbonyl (C=O) groups excluding carboxylic acids is 1. The van der Waals surface area contributed by atoms with E-state index in [1.54, 1.807) is 24.3 Å². The Morgan fingerprint density at radius 2 is 1.79 bits per heavy atom. The van der Waals surface area contributed by atoms with Gasteiger partial charge in [0.1, 0.15) is 11.5 Å². The Hall–Kier alpha value is -3.84. The first-order valence-corrected chi connectivity index (χ1v) is 13.5. The van der Waals surface area contributed by atoms with Gasteiger partial charge in [-0.25, -0.2) is 0 Å². The molecule has 1 aromatic heterocycles. The Kier molecular flexibility index (Phi) is 6.32. The Morgan fingerprint density at radius 3 is 2.55 bits per heavy atom. The Bertz CT molecular complexity index is 1470. The van der Waals surface area contributed by atoms with Gasteiger partial charge in [0.15, 0.2) is 5.76 Å². The first-order valence-electron chi connectivity index (χ1n) is 13.5. The lowest BCUT2D eigenvalue weighted by molar-refractivity contribution is 0.101. The van der Waals surface area contributed by atoms with E-state index in [4.69, 9.17) is 4.74 Å². The molecule has 3 aliphatic rings. The molecule has 0 unspecified atom stereocenters. The van der Waals surface area contributed by atoms with Crippen molar-refractivity contribution in [1.29, 1.82) is 0 Å². The molecule has 7 nitrogen and oxygen atoms in total. The molecular formula is C31H33N3O4. The van der Waals surface area contributed by atoms with Crippen LogP contribution in [0.3, 0.4) is 0 Å². The number of benzene rings is 2. The molecule has 0 saturated carbocycles. The number of Topliss-reactive ketones (excluding diaryl/α,β-unsaturated/α-hetero) is 1. The predicted molar refractivity (Wildman–Crippen MR) is 148 cm³/mol. The maximum absolute atomic E-state index is 13.2. The van der Waals surface area contributed by atoms with Crippen LogP contribution in [-0.2, 0) is 13.1 Å². The van der Waals surface area contributed by atoms with Gasteiger partial charge in [0.05, 0.1) is 11.1 Å². The minimum atomic E-state index is -0.169. The van der Waals surface area contributed by atoms with Gasteiger partial charge in [-0.1, -0.05) is 18.2 Å². The number of rotatable bonds is 6. The second-order valence-electron chi connectivity index (χ2n) is 10.5. The average molecular weight is 512 g/mol. The van der Waals surface area contributed by atoms with E-state index in [2.05, 4.69) is 41.8 Å². The number of phenolic OH excluding ortho intramolecular Hbond substituents is 1. The minimum Gasteiger partial charge on any atom is -0.507 e. The molecule has 38 heavy (non-hydrogen) atoms. The molecule has 1 fully saturated rings. The van der Waals surface area contributed by atoms with Gasteiger partial charge < -0.3 is 19.3 Å². The summed E-state index contributed by atoms with van der Waals surface area (Å²) < 4.78 is 8.05. The standard InChI is InChI=1S/C31H33N3O4/c1-3-33(4-2)23-10-8-20(9-11-23)15-28-30(37)24-12-13-27(35)25(31(24)38-28)19-32-16-21-14-22(18-32)26-6-5-7-29(36)34(26)17-21/h5-13,15,21-22,35H,3-4,14,16-19H2,1-2H3/b28-15+/t21-,22+/m0/s1. The number of nitrogens with zero attached hydrogens (tertiary/aromatic N) is 3. The van der Waals surface area contributed by atoms with Crippen molar-refractivity contribution in [3.63, 3.8) is 0 Å². The highest BCUT2D eigenvalue weighted by Crippen LogP contribution is 2.42. The van der Waals surface area contributed by atoms with Gasteiger partial charge in [-0.3, -0.25) is 14.5 Å². The number of ketones is 1. The quantitative estimate of drug-likeness (QED) is 0.486. The lowest BCUT2D eigenvalue weighted by Crippen LogP contribution is -2.46. The maximum Gasteiger partial charge on any atom is 0.250 e. The molecule has 0 amide bonds. The van der Waals surface area contributed by atoms with E-state index >= 15 is 0 Å². The first-order chi connectivity index (χ1) is 18.4. The summed E-state index contributed by atoms with van der Waals surface area (Å²) in [6.07, 6.45) is 2.84. The molecule has 4 heterocycles. The molecule has 7 heteroatoms. The average Bonchev–Trinajstić information content (AvgIpc) is 3.23. The number of fused-ring (bicyclic) bond motifs is 5. The highest BCUT2D eigenvalue weighted by molar-refractivity contribution is 6.15. The van der Waals surface area contributed by atoms with E-state index < -0.39 is 0 Å². The van der Waals surface area contributed by atoms with Gasteiger partial charge >= 0.3 is 0 Å². The molecule has 2 aromatic carbocycles. The van der Waals surface area contributed by atoms with Crippen LogP contribution < -0.4 is 15.2 Å². The van der Waals surface area contributed by atoms with Crippen molar-refractivity contribution in [2.24, 2.45) is 5.92 Å². The van der Waals surface area contributed by atoms with Gasteiger partial charge in [-0.2, -0.15) is 0 Å². The Balaban J connectivity index is 1.24. The highest BCUT2D eigenvalue weighted by atomic mass is 16.5. The number of aromatic nitrogens is 1. The van der Waals surface area contributed by atoms with E-state index in [9.17, 15) is 14.7 Å². The van der Waals surface area contributed by atoms with Gasteiger partial charge in [-0.15, -0.1) is 0 Å². The molecule has 2 bridgehead atoms. The summed E-state index contributed by atoms with van der Waals surface area (Å²) in [7, 11) is 0. The third kappa shape index (κ3) is 4.31. The number of anilines is 1. The molecule has 0 radical (unpaired) electrons. The zero-order chi connectivity index (χ0) is 26.4. The number of aromatic hydroxyl groups is 1. The van der Waals surface area contributed by atoms with Crippen molar-refractivity contribution in [2.75, 3.05) is 31.1 Å². The fourth-order valence-electron chi connectivity index (χ4n) is 6.32. The second-order valence-corrected chi connectivity index (χ2v) is 10.5.